The predicted molar refractivity (Wildman–Crippen MR) is 360 cm³/mol. The number of amides is 1. The molecule has 9 N–H and O–H groups in total. The second-order valence-corrected chi connectivity index (χ2v) is 25.7. The van der Waals surface area contributed by atoms with Crippen molar-refractivity contribution in [2.24, 2.45) is 0 Å². The lowest BCUT2D eigenvalue weighted by Gasteiger charge is -2.46. The van der Waals surface area contributed by atoms with Crippen LogP contribution in [0.25, 0.3) is 0 Å². The number of aliphatic hydroxyl groups excluding tert-OH is 8. The van der Waals surface area contributed by atoms with Gasteiger partial charge in [0, 0.05) is 6.42 Å². The minimum Gasteiger partial charge on any atom is -0.394 e. The number of rotatable bonds is 60. The summed E-state index contributed by atoms with van der Waals surface area (Å²) in [4.78, 5) is 13.3. The molecule has 2 rings (SSSR count). The third kappa shape index (κ3) is 42.0. The van der Waals surface area contributed by atoms with Crippen molar-refractivity contribution in [2.45, 2.75) is 383 Å². The molecule has 0 bridgehead atoms. The van der Waals surface area contributed by atoms with Crippen molar-refractivity contribution in [2.75, 3.05) is 19.8 Å². The lowest BCUT2D eigenvalue weighted by Crippen LogP contribution is -2.65. The van der Waals surface area contributed by atoms with Crippen LogP contribution in [0.15, 0.2) is 60.8 Å². The Kier molecular flexibility index (Phi) is 54.4. The highest BCUT2D eigenvalue weighted by molar-refractivity contribution is 5.76. The number of carbonyl (C=O) groups excluding carboxylic acids is 1. The molecule has 2 saturated heterocycles. The molecule has 514 valence electrons. The summed E-state index contributed by atoms with van der Waals surface area (Å²) >= 11 is 0. The van der Waals surface area contributed by atoms with Gasteiger partial charge in [0.1, 0.15) is 48.8 Å². The van der Waals surface area contributed by atoms with Crippen LogP contribution in [-0.2, 0) is 23.7 Å². The van der Waals surface area contributed by atoms with Gasteiger partial charge in [-0.2, -0.15) is 0 Å². The fraction of sp³-hybridized carbons (Fsp3) is 0.851. The molecule has 0 aromatic carbocycles. The van der Waals surface area contributed by atoms with Gasteiger partial charge in [0.2, 0.25) is 5.91 Å². The zero-order chi connectivity index (χ0) is 63.8. The van der Waals surface area contributed by atoms with Gasteiger partial charge < -0.3 is 65.1 Å². The fourth-order valence-electron chi connectivity index (χ4n) is 11.9. The highest BCUT2D eigenvalue weighted by Crippen LogP contribution is 2.30. The Labute approximate surface area is 536 Å². The third-order valence-electron chi connectivity index (χ3n) is 17.7. The van der Waals surface area contributed by atoms with Gasteiger partial charge in [-0.05, 0) is 57.8 Å². The van der Waals surface area contributed by atoms with E-state index in [0.717, 1.165) is 70.6 Å². The van der Waals surface area contributed by atoms with Crippen LogP contribution < -0.4 is 5.32 Å². The highest BCUT2D eigenvalue weighted by atomic mass is 16.7. The Morgan fingerprint density at radius 1 is 0.420 bits per heavy atom. The molecule has 2 fully saturated rings. The van der Waals surface area contributed by atoms with Crippen molar-refractivity contribution in [1.82, 2.24) is 5.32 Å². The molecule has 88 heavy (non-hydrogen) atoms. The zero-order valence-electron chi connectivity index (χ0n) is 56.0. The average Bonchev–Trinajstić information content (AvgIpc) is 2.07. The number of carbonyl (C=O) groups is 1. The Morgan fingerprint density at radius 2 is 0.784 bits per heavy atom. The normalized spacial score (nSPS) is 23.5. The second kappa shape index (κ2) is 58.5. The number of allylic oxidation sites excluding steroid dienone is 9. The number of ether oxygens (including phenoxy) is 4. The van der Waals surface area contributed by atoms with E-state index in [4.69, 9.17) is 18.9 Å². The summed E-state index contributed by atoms with van der Waals surface area (Å²) in [5.74, 6) is -0.239. The van der Waals surface area contributed by atoms with Gasteiger partial charge in [0.05, 0.1) is 32.0 Å². The second-order valence-electron chi connectivity index (χ2n) is 25.7. The van der Waals surface area contributed by atoms with Gasteiger partial charge in [0.15, 0.2) is 12.6 Å². The van der Waals surface area contributed by atoms with Crippen LogP contribution in [0, 0.1) is 0 Å². The van der Waals surface area contributed by atoms with Crippen LogP contribution in [0.2, 0.25) is 0 Å². The Hall–Kier alpha value is -2.31. The summed E-state index contributed by atoms with van der Waals surface area (Å²) in [7, 11) is 0. The van der Waals surface area contributed by atoms with Crippen LogP contribution in [0.4, 0.5) is 0 Å². The number of hydrogen-bond acceptors (Lipinski definition) is 13. The monoisotopic (exact) mass is 1250 g/mol. The maximum atomic E-state index is 13.3. The van der Waals surface area contributed by atoms with Gasteiger partial charge in [-0.3, -0.25) is 4.79 Å². The number of nitrogens with one attached hydrogen (secondary N) is 1. The predicted octanol–water partition coefficient (Wildman–Crippen LogP) is 15.2. The molecule has 14 nitrogen and oxygen atoms in total. The first-order valence-electron chi connectivity index (χ1n) is 36.5. The highest BCUT2D eigenvalue weighted by Gasteiger charge is 2.51. The van der Waals surface area contributed by atoms with Crippen LogP contribution in [-0.4, -0.2) is 140 Å². The van der Waals surface area contributed by atoms with Gasteiger partial charge in [-0.25, -0.2) is 0 Å². The van der Waals surface area contributed by atoms with Crippen molar-refractivity contribution < 1.29 is 64.6 Å². The molecule has 0 aliphatic carbocycles. The summed E-state index contributed by atoms with van der Waals surface area (Å²) in [5, 5.41) is 87.5. The van der Waals surface area contributed by atoms with E-state index in [2.05, 4.69) is 67.8 Å². The maximum Gasteiger partial charge on any atom is 0.220 e. The van der Waals surface area contributed by atoms with E-state index < -0.39 is 86.8 Å². The molecular formula is C74H135NO13. The lowest BCUT2D eigenvalue weighted by atomic mass is 9.97. The Balaban J connectivity index is 1.67. The molecule has 1 amide bonds. The standard InChI is InChI=1S/C74H135NO13/c1-3-5-7-9-11-13-15-17-19-21-23-25-27-29-30-31-32-34-35-37-39-41-43-45-47-49-51-53-55-57-63(78)62(61-85-73-71(84)69(82)72(65(60-77)87-73)88-74-70(83)68(81)67(80)64(59-76)86-74)75-66(79)58-56-54-52-50-48-46-44-42-40-38-36-33-28-26-24-22-20-18-16-14-12-10-8-6-4-2/h6,8,12,14,18,20,24,26,55,57,62-65,67-74,76-78,80-84H,3-5,7,9-11,13,15-17,19,21-23,25,27-54,56,58-61H2,1-2H3,(H,75,79)/b8-6-,14-12-,20-18-,26-24-,57-55+. The van der Waals surface area contributed by atoms with Crippen molar-refractivity contribution >= 4 is 5.91 Å². The molecule has 0 saturated carbocycles. The smallest absolute Gasteiger partial charge is 0.220 e. The summed E-state index contributed by atoms with van der Waals surface area (Å²) in [6.07, 6.45) is 61.3. The number of aliphatic hydroxyl groups is 8. The van der Waals surface area contributed by atoms with E-state index in [0.29, 0.717) is 6.42 Å². The van der Waals surface area contributed by atoms with E-state index in [1.807, 2.05) is 6.08 Å². The van der Waals surface area contributed by atoms with Gasteiger partial charge in [-0.15, -0.1) is 0 Å². The summed E-state index contributed by atoms with van der Waals surface area (Å²) in [6, 6.07) is -0.920. The van der Waals surface area contributed by atoms with Gasteiger partial charge in [-0.1, -0.05) is 306 Å². The van der Waals surface area contributed by atoms with Crippen molar-refractivity contribution in [1.29, 1.82) is 0 Å². The molecule has 2 aliphatic rings. The summed E-state index contributed by atoms with van der Waals surface area (Å²) in [5.41, 5.74) is 0. The Bertz CT molecular complexity index is 1710. The average molecular weight is 1250 g/mol. The van der Waals surface area contributed by atoms with Crippen molar-refractivity contribution in [3.63, 3.8) is 0 Å². The van der Waals surface area contributed by atoms with E-state index in [9.17, 15) is 45.6 Å². The SMILES string of the molecule is CC/C=C\C/C=C\C/C=C\C/C=C\CCCCCCCCCCCCCCC(=O)NC(COC1OC(CO)C(OC2OC(CO)C(O)C(O)C2O)C(O)C1O)C(O)/C=C/CCCCCCCCCCCCCCCCCCCCCCCCCCCCC. The first kappa shape index (κ1) is 81.8. The zero-order valence-corrected chi connectivity index (χ0v) is 56.0. The molecule has 0 spiro atoms. The Morgan fingerprint density at radius 3 is 1.20 bits per heavy atom. The van der Waals surface area contributed by atoms with Crippen LogP contribution in [0.3, 0.4) is 0 Å². The topological polar surface area (TPSA) is 228 Å². The quantitative estimate of drug-likeness (QED) is 0.0204. The molecule has 0 aromatic heterocycles. The first-order valence-corrected chi connectivity index (χ1v) is 36.5. The molecule has 12 unspecified atom stereocenters. The molecule has 14 heteroatoms. The summed E-state index contributed by atoms with van der Waals surface area (Å²) < 4.78 is 22.9. The van der Waals surface area contributed by atoms with E-state index in [1.54, 1.807) is 6.08 Å². The molecular weight excluding hydrogens is 1110 g/mol. The van der Waals surface area contributed by atoms with Crippen molar-refractivity contribution in [3.05, 3.63) is 60.8 Å². The van der Waals surface area contributed by atoms with Crippen LogP contribution in [0.1, 0.15) is 309 Å². The first-order chi connectivity index (χ1) is 43.1. The number of unbranched alkanes of at least 4 members (excludes halogenated alkanes) is 39. The molecule has 2 aliphatic heterocycles. The fourth-order valence-corrected chi connectivity index (χ4v) is 11.9. The van der Waals surface area contributed by atoms with Gasteiger partial charge >= 0.3 is 0 Å². The molecule has 0 radical (unpaired) electrons. The van der Waals surface area contributed by atoms with Crippen LogP contribution in [0.5, 0.6) is 0 Å². The molecule has 2 heterocycles. The van der Waals surface area contributed by atoms with Crippen molar-refractivity contribution in [3.8, 4) is 0 Å². The lowest BCUT2D eigenvalue weighted by molar-refractivity contribution is -0.359. The minimum absolute atomic E-state index is 0.239. The minimum atomic E-state index is -1.79. The third-order valence-corrected chi connectivity index (χ3v) is 17.7. The number of hydrogen-bond donors (Lipinski definition) is 9. The van der Waals surface area contributed by atoms with E-state index in [-0.39, 0.29) is 18.9 Å². The molecule has 0 aromatic rings. The van der Waals surface area contributed by atoms with Crippen LogP contribution >= 0.6 is 0 Å². The van der Waals surface area contributed by atoms with Gasteiger partial charge in [0.25, 0.3) is 0 Å². The van der Waals surface area contributed by atoms with E-state index in [1.165, 1.54) is 212 Å². The maximum absolute atomic E-state index is 13.3. The largest absolute Gasteiger partial charge is 0.394 e. The molecule has 12 atom stereocenters. The van der Waals surface area contributed by atoms with E-state index >= 15 is 0 Å². The summed E-state index contributed by atoms with van der Waals surface area (Å²) in [6.45, 7) is 2.73.